The summed E-state index contributed by atoms with van der Waals surface area (Å²) in [6.07, 6.45) is 2.47. The van der Waals surface area contributed by atoms with Crippen LogP contribution in [0.2, 0.25) is 0 Å². The molecular formula is C13H12BrNO2. The Hall–Kier alpha value is -1.55. The molecule has 2 rings (SSSR count). The fourth-order valence-electron chi connectivity index (χ4n) is 1.89. The summed E-state index contributed by atoms with van der Waals surface area (Å²) >= 11 is 3.47. The van der Waals surface area contributed by atoms with E-state index >= 15 is 0 Å². The van der Waals surface area contributed by atoms with Crippen molar-refractivity contribution in [2.45, 2.75) is 13.3 Å². The Morgan fingerprint density at radius 3 is 2.65 bits per heavy atom. The predicted octanol–water partition coefficient (Wildman–Crippen LogP) is 3.50. The second-order valence-electron chi connectivity index (χ2n) is 3.66. The smallest absolute Gasteiger partial charge is 0.337 e. The third-order valence-electron chi connectivity index (χ3n) is 2.67. The molecule has 0 aliphatic carbocycles. The molecular weight excluding hydrogens is 282 g/mol. The molecule has 1 aromatic heterocycles. The van der Waals surface area contributed by atoms with Gasteiger partial charge in [-0.3, -0.25) is 0 Å². The van der Waals surface area contributed by atoms with Crippen LogP contribution in [0, 0.1) is 0 Å². The summed E-state index contributed by atoms with van der Waals surface area (Å²) in [6.45, 7) is 1.95. The van der Waals surface area contributed by atoms with Crippen molar-refractivity contribution >= 4 is 21.9 Å². The molecule has 1 heterocycles. The highest BCUT2D eigenvalue weighted by molar-refractivity contribution is 9.10. The fourth-order valence-corrected chi connectivity index (χ4v) is 2.37. The van der Waals surface area contributed by atoms with Crippen molar-refractivity contribution in [3.05, 3.63) is 52.3 Å². The molecule has 3 nitrogen and oxygen atoms in total. The number of hydrogen-bond donors (Lipinski definition) is 1. The van der Waals surface area contributed by atoms with Crippen LogP contribution in [0.15, 0.2) is 41.0 Å². The number of halogens is 1. The van der Waals surface area contributed by atoms with E-state index in [1.165, 1.54) is 0 Å². The Morgan fingerprint density at radius 1 is 1.35 bits per heavy atom. The van der Waals surface area contributed by atoms with Gasteiger partial charge in [0, 0.05) is 16.4 Å². The Morgan fingerprint density at radius 2 is 2.06 bits per heavy atom. The molecule has 1 aromatic carbocycles. The summed E-state index contributed by atoms with van der Waals surface area (Å²) in [5, 5.41) is 9.10. The zero-order valence-corrected chi connectivity index (χ0v) is 10.9. The zero-order valence-electron chi connectivity index (χ0n) is 9.35. The Kier molecular flexibility index (Phi) is 3.33. The van der Waals surface area contributed by atoms with Gasteiger partial charge in [0.2, 0.25) is 0 Å². The highest BCUT2D eigenvalue weighted by atomic mass is 79.9. The lowest BCUT2D eigenvalue weighted by Gasteiger charge is -2.10. The molecule has 2 aromatic rings. The number of hydrogen-bond acceptors (Lipinski definition) is 1. The summed E-state index contributed by atoms with van der Waals surface area (Å²) in [7, 11) is 0. The molecule has 0 radical (unpaired) electrons. The minimum absolute atomic E-state index is 0.364. The molecule has 17 heavy (non-hydrogen) atoms. The normalized spacial score (nSPS) is 10.5. The van der Waals surface area contributed by atoms with E-state index < -0.39 is 5.97 Å². The Balaban J connectivity index is 2.61. The lowest BCUT2D eigenvalue weighted by Crippen LogP contribution is -2.04. The van der Waals surface area contributed by atoms with E-state index in [0.29, 0.717) is 12.0 Å². The predicted molar refractivity (Wildman–Crippen MR) is 69.8 cm³/mol. The number of carboxylic acid groups (broad SMARTS) is 1. The van der Waals surface area contributed by atoms with Crippen LogP contribution in [0.25, 0.3) is 5.69 Å². The molecule has 88 valence electrons. The lowest BCUT2D eigenvalue weighted by molar-refractivity contribution is 0.0696. The monoisotopic (exact) mass is 293 g/mol. The number of carbonyl (C=O) groups is 1. The first-order chi connectivity index (χ1) is 8.15. The summed E-state index contributed by atoms with van der Waals surface area (Å²) in [4.78, 5) is 11.1. The van der Waals surface area contributed by atoms with Gasteiger partial charge in [-0.2, -0.15) is 0 Å². The third-order valence-corrected chi connectivity index (χ3v) is 3.34. The summed E-state index contributed by atoms with van der Waals surface area (Å²) in [5.41, 5.74) is 2.13. The zero-order chi connectivity index (χ0) is 12.4. The van der Waals surface area contributed by atoms with E-state index in [1.54, 1.807) is 12.3 Å². The Labute approximate surface area is 108 Å². The summed E-state index contributed by atoms with van der Waals surface area (Å²) in [6, 6.07) is 9.39. The van der Waals surface area contributed by atoms with Crippen molar-refractivity contribution in [2.75, 3.05) is 0 Å². The average molecular weight is 294 g/mol. The van der Waals surface area contributed by atoms with E-state index in [1.807, 2.05) is 35.8 Å². The van der Waals surface area contributed by atoms with Gasteiger partial charge in [0.1, 0.15) is 0 Å². The first kappa shape index (κ1) is 11.9. The number of para-hydroxylation sites is 1. The van der Waals surface area contributed by atoms with Crippen molar-refractivity contribution in [1.82, 2.24) is 4.57 Å². The number of aromatic nitrogens is 1. The van der Waals surface area contributed by atoms with Crippen LogP contribution in [0.5, 0.6) is 0 Å². The van der Waals surface area contributed by atoms with Crippen molar-refractivity contribution in [1.29, 1.82) is 0 Å². The molecule has 0 aliphatic rings. The minimum atomic E-state index is -0.882. The summed E-state index contributed by atoms with van der Waals surface area (Å²) < 4.78 is 2.86. The van der Waals surface area contributed by atoms with Crippen LogP contribution in [0.1, 0.15) is 23.0 Å². The van der Waals surface area contributed by atoms with Gasteiger partial charge >= 0.3 is 5.97 Å². The van der Waals surface area contributed by atoms with E-state index in [-0.39, 0.29) is 0 Å². The molecule has 0 fully saturated rings. The number of benzene rings is 1. The third kappa shape index (κ3) is 2.13. The van der Waals surface area contributed by atoms with Gasteiger partial charge in [0.15, 0.2) is 0 Å². The molecule has 0 spiro atoms. The lowest BCUT2D eigenvalue weighted by atomic mass is 10.2. The highest BCUT2D eigenvalue weighted by Gasteiger charge is 2.15. The number of nitrogens with zero attached hydrogens (tertiary/aromatic N) is 1. The van der Waals surface area contributed by atoms with Crippen molar-refractivity contribution < 1.29 is 9.90 Å². The molecule has 0 bridgehead atoms. The van der Waals surface area contributed by atoms with E-state index in [0.717, 1.165) is 15.9 Å². The minimum Gasteiger partial charge on any atom is -0.478 e. The average Bonchev–Trinajstić information content (AvgIpc) is 2.73. The topological polar surface area (TPSA) is 42.2 Å². The largest absolute Gasteiger partial charge is 0.478 e. The van der Waals surface area contributed by atoms with Crippen molar-refractivity contribution in [3.63, 3.8) is 0 Å². The molecule has 0 amide bonds. The second kappa shape index (κ2) is 4.75. The first-order valence-electron chi connectivity index (χ1n) is 5.33. The molecule has 0 unspecified atom stereocenters. The van der Waals surface area contributed by atoms with Crippen LogP contribution >= 0.6 is 15.9 Å². The fraction of sp³-hybridized carbons (Fsp3) is 0.154. The number of carboxylic acids is 1. The van der Waals surface area contributed by atoms with Crippen LogP contribution in [0.3, 0.4) is 0 Å². The number of rotatable bonds is 3. The molecule has 4 heteroatoms. The van der Waals surface area contributed by atoms with Crippen LogP contribution in [0.4, 0.5) is 0 Å². The van der Waals surface area contributed by atoms with Crippen LogP contribution in [-0.2, 0) is 6.42 Å². The van der Waals surface area contributed by atoms with Gasteiger partial charge in [-0.15, -0.1) is 0 Å². The van der Waals surface area contributed by atoms with Gasteiger partial charge in [-0.05, 0) is 40.5 Å². The molecule has 0 aliphatic heterocycles. The maximum atomic E-state index is 11.1. The second-order valence-corrected chi connectivity index (χ2v) is 4.51. The van der Waals surface area contributed by atoms with Gasteiger partial charge in [-0.1, -0.05) is 19.1 Å². The van der Waals surface area contributed by atoms with E-state index in [4.69, 9.17) is 5.11 Å². The maximum Gasteiger partial charge on any atom is 0.337 e. The van der Waals surface area contributed by atoms with Gasteiger partial charge < -0.3 is 9.67 Å². The van der Waals surface area contributed by atoms with Crippen LogP contribution in [-0.4, -0.2) is 15.6 Å². The Bertz CT molecular complexity index is 560. The SMILES string of the molecule is CCc1c(C(=O)O)ccn1-c1ccccc1Br. The van der Waals surface area contributed by atoms with Gasteiger partial charge in [0.25, 0.3) is 0 Å². The van der Waals surface area contributed by atoms with Gasteiger partial charge in [0.05, 0.1) is 11.3 Å². The van der Waals surface area contributed by atoms with Crippen molar-refractivity contribution in [3.8, 4) is 5.69 Å². The molecule has 1 N–H and O–H groups in total. The standard InChI is InChI=1S/C13H12BrNO2/c1-2-11-9(13(16)17)7-8-15(11)12-6-4-3-5-10(12)14/h3-8H,2H2,1H3,(H,16,17). The molecule has 0 saturated heterocycles. The first-order valence-corrected chi connectivity index (χ1v) is 6.13. The summed E-state index contributed by atoms with van der Waals surface area (Å²) in [5.74, 6) is -0.882. The van der Waals surface area contributed by atoms with E-state index in [2.05, 4.69) is 15.9 Å². The van der Waals surface area contributed by atoms with Crippen molar-refractivity contribution in [2.24, 2.45) is 0 Å². The van der Waals surface area contributed by atoms with E-state index in [9.17, 15) is 4.79 Å². The quantitative estimate of drug-likeness (QED) is 0.941. The highest BCUT2D eigenvalue weighted by Crippen LogP contribution is 2.24. The molecule has 0 saturated carbocycles. The number of aromatic carboxylic acids is 1. The molecule has 0 atom stereocenters. The maximum absolute atomic E-state index is 11.1. The van der Waals surface area contributed by atoms with Crippen LogP contribution < -0.4 is 0 Å². The van der Waals surface area contributed by atoms with Gasteiger partial charge in [-0.25, -0.2) is 4.79 Å².